The number of carbonyl (C=O) groups is 1. The van der Waals surface area contributed by atoms with E-state index in [2.05, 4.69) is 5.32 Å². The topological polar surface area (TPSA) is 112 Å². The zero-order valence-corrected chi connectivity index (χ0v) is 11.4. The van der Waals surface area contributed by atoms with Gasteiger partial charge in [0.1, 0.15) is 0 Å². The van der Waals surface area contributed by atoms with Crippen molar-refractivity contribution in [2.45, 2.75) is 31.5 Å². The fourth-order valence-corrected chi connectivity index (χ4v) is 2.36. The highest BCUT2D eigenvalue weighted by molar-refractivity contribution is 5.93. The Morgan fingerprint density at radius 2 is 2.35 bits per heavy atom. The third-order valence-electron chi connectivity index (χ3n) is 3.56. The first-order chi connectivity index (χ1) is 9.45. The van der Waals surface area contributed by atoms with E-state index in [4.69, 9.17) is 10.5 Å². The number of rotatable bonds is 5. The zero-order valence-electron chi connectivity index (χ0n) is 11.4. The van der Waals surface area contributed by atoms with Crippen LogP contribution in [0.1, 0.15) is 23.8 Å². The van der Waals surface area contributed by atoms with Crippen molar-refractivity contribution in [1.29, 1.82) is 0 Å². The third-order valence-corrected chi connectivity index (χ3v) is 3.56. The van der Waals surface area contributed by atoms with Gasteiger partial charge in [-0.1, -0.05) is 0 Å². The summed E-state index contributed by atoms with van der Waals surface area (Å²) in [5.41, 5.74) is 6.08. The van der Waals surface area contributed by atoms with E-state index < -0.39 is 4.92 Å². The molecule has 3 atom stereocenters. The first kappa shape index (κ1) is 14.5. The van der Waals surface area contributed by atoms with Gasteiger partial charge in [0, 0.05) is 18.7 Å². The predicted molar refractivity (Wildman–Crippen MR) is 71.3 cm³/mol. The lowest BCUT2D eigenvalue weighted by Gasteiger charge is -2.42. The van der Waals surface area contributed by atoms with Crippen molar-refractivity contribution in [2.24, 2.45) is 12.8 Å². The summed E-state index contributed by atoms with van der Waals surface area (Å²) in [6.07, 6.45) is 0.612. The van der Waals surface area contributed by atoms with E-state index in [1.165, 1.54) is 23.7 Å². The highest BCUT2D eigenvalue weighted by Crippen LogP contribution is 2.23. The summed E-state index contributed by atoms with van der Waals surface area (Å²) in [4.78, 5) is 22.4. The molecule has 0 aliphatic heterocycles. The molecule has 2 rings (SSSR count). The van der Waals surface area contributed by atoms with Gasteiger partial charge in [0.25, 0.3) is 5.91 Å². The molecule has 110 valence electrons. The Morgan fingerprint density at radius 3 is 2.85 bits per heavy atom. The molecule has 0 saturated heterocycles. The van der Waals surface area contributed by atoms with Gasteiger partial charge < -0.3 is 25.9 Å². The van der Waals surface area contributed by atoms with Crippen LogP contribution in [-0.2, 0) is 11.8 Å². The van der Waals surface area contributed by atoms with Gasteiger partial charge in [0.05, 0.1) is 19.2 Å². The number of nitrogens with zero attached hydrogens (tertiary/aromatic N) is 2. The average Bonchev–Trinajstić information content (AvgIpc) is 2.77. The van der Waals surface area contributed by atoms with Crippen molar-refractivity contribution in [2.75, 3.05) is 6.61 Å². The summed E-state index contributed by atoms with van der Waals surface area (Å²) in [7, 11) is 1.48. The molecule has 1 heterocycles. The largest absolute Gasteiger partial charge is 0.376 e. The second-order valence-electron chi connectivity index (χ2n) is 4.79. The van der Waals surface area contributed by atoms with Gasteiger partial charge in [-0.15, -0.1) is 0 Å². The van der Waals surface area contributed by atoms with Crippen LogP contribution < -0.4 is 11.1 Å². The summed E-state index contributed by atoms with van der Waals surface area (Å²) in [6, 6.07) is 2.32. The average molecular weight is 282 g/mol. The van der Waals surface area contributed by atoms with Crippen molar-refractivity contribution in [1.82, 2.24) is 9.88 Å². The fourth-order valence-electron chi connectivity index (χ4n) is 2.36. The molecule has 3 N–H and O–H groups in total. The first-order valence-corrected chi connectivity index (χ1v) is 6.43. The number of nitrogens with one attached hydrogen (secondary N) is 1. The molecule has 1 aliphatic carbocycles. The lowest BCUT2D eigenvalue weighted by Crippen LogP contribution is -2.64. The number of ether oxygens (including phenoxy) is 1. The number of aromatic nitrogens is 1. The minimum Gasteiger partial charge on any atom is -0.376 e. The van der Waals surface area contributed by atoms with Gasteiger partial charge in [-0.2, -0.15) is 0 Å². The number of hydrogen-bond donors (Lipinski definition) is 2. The van der Waals surface area contributed by atoms with E-state index in [0.717, 1.165) is 0 Å². The van der Waals surface area contributed by atoms with Crippen molar-refractivity contribution >= 4 is 11.7 Å². The molecular weight excluding hydrogens is 264 g/mol. The molecule has 1 aromatic rings. The van der Waals surface area contributed by atoms with Crippen LogP contribution in [0.25, 0.3) is 0 Å². The number of nitrogens with two attached hydrogens (primary N) is 1. The van der Waals surface area contributed by atoms with Crippen LogP contribution in [0.3, 0.4) is 0 Å². The highest BCUT2D eigenvalue weighted by Gasteiger charge is 2.41. The molecule has 8 nitrogen and oxygen atoms in total. The van der Waals surface area contributed by atoms with Gasteiger partial charge in [-0.25, -0.2) is 4.57 Å². The standard InChI is InChI=1S/C12H18N4O4/c1-3-20-9-6-7(13)11(9)14-12(17)8-4-5-10(15(8)2)16(18)19/h4-5,7,9,11H,3,6,13H2,1-2H3,(H,14,17). The van der Waals surface area contributed by atoms with E-state index in [1.807, 2.05) is 6.92 Å². The van der Waals surface area contributed by atoms with Crippen LogP contribution >= 0.6 is 0 Å². The van der Waals surface area contributed by atoms with Crippen molar-refractivity contribution < 1.29 is 14.5 Å². The summed E-state index contributed by atoms with van der Waals surface area (Å²) >= 11 is 0. The molecule has 0 bridgehead atoms. The number of amides is 1. The van der Waals surface area contributed by atoms with Gasteiger partial charge >= 0.3 is 5.82 Å². The van der Waals surface area contributed by atoms with Gasteiger partial charge in [-0.3, -0.25) is 4.79 Å². The lowest BCUT2D eigenvalue weighted by atomic mass is 9.83. The Hall–Kier alpha value is -1.93. The first-order valence-electron chi connectivity index (χ1n) is 6.43. The van der Waals surface area contributed by atoms with Crippen LogP contribution in [0.15, 0.2) is 12.1 Å². The van der Waals surface area contributed by atoms with E-state index in [0.29, 0.717) is 13.0 Å². The maximum Gasteiger partial charge on any atom is 0.323 e. The lowest BCUT2D eigenvalue weighted by molar-refractivity contribution is -0.391. The van der Waals surface area contributed by atoms with Crippen LogP contribution in [-0.4, -0.2) is 40.2 Å². The van der Waals surface area contributed by atoms with E-state index in [-0.39, 0.29) is 35.6 Å². The number of carbonyl (C=O) groups excluding carboxylic acids is 1. The number of hydrogen-bond acceptors (Lipinski definition) is 5. The molecule has 1 fully saturated rings. The summed E-state index contributed by atoms with van der Waals surface area (Å²) in [5, 5.41) is 13.5. The van der Waals surface area contributed by atoms with Crippen LogP contribution in [0, 0.1) is 10.1 Å². The monoisotopic (exact) mass is 282 g/mol. The molecule has 0 radical (unpaired) electrons. The van der Waals surface area contributed by atoms with Gasteiger partial charge in [-0.05, 0) is 24.3 Å². The fraction of sp³-hybridized carbons (Fsp3) is 0.583. The molecule has 3 unspecified atom stereocenters. The molecular formula is C12H18N4O4. The normalized spacial score (nSPS) is 25.1. The number of nitro groups is 1. The third kappa shape index (κ3) is 2.52. The Balaban J connectivity index is 2.07. The van der Waals surface area contributed by atoms with E-state index in [9.17, 15) is 14.9 Å². The summed E-state index contributed by atoms with van der Waals surface area (Å²) in [5.74, 6) is -0.514. The van der Waals surface area contributed by atoms with E-state index in [1.54, 1.807) is 0 Å². The van der Waals surface area contributed by atoms with Crippen LogP contribution in [0.5, 0.6) is 0 Å². The summed E-state index contributed by atoms with van der Waals surface area (Å²) in [6.45, 7) is 2.43. The molecule has 1 aliphatic rings. The van der Waals surface area contributed by atoms with Gasteiger partial charge in [0.15, 0.2) is 5.69 Å². The molecule has 1 saturated carbocycles. The van der Waals surface area contributed by atoms with Gasteiger partial charge in [0.2, 0.25) is 0 Å². The van der Waals surface area contributed by atoms with Crippen molar-refractivity contribution in [3.05, 3.63) is 27.9 Å². The van der Waals surface area contributed by atoms with Crippen LogP contribution in [0.2, 0.25) is 0 Å². The van der Waals surface area contributed by atoms with E-state index >= 15 is 0 Å². The minimum atomic E-state index is -0.533. The summed E-state index contributed by atoms with van der Waals surface area (Å²) < 4.78 is 6.71. The van der Waals surface area contributed by atoms with Crippen molar-refractivity contribution in [3.63, 3.8) is 0 Å². The predicted octanol–water partition coefficient (Wildman–Crippen LogP) is 0.168. The Bertz CT molecular complexity index is 526. The maximum atomic E-state index is 12.1. The smallest absolute Gasteiger partial charge is 0.323 e. The Labute approximate surface area is 116 Å². The van der Waals surface area contributed by atoms with Crippen molar-refractivity contribution in [3.8, 4) is 0 Å². The maximum absolute atomic E-state index is 12.1. The molecule has 1 amide bonds. The second kappa shape index (κ2) is 5.59. The Morgan fingerprint density at radius 1 is 1.65 bits per heavy atom. The SMILES string of the molecule is CCOC1CC(N)C1NC(=O)c1ccc([N+](=O)[O-])n1C. The van der Waals surface area contributed by atoms with Crippen LogP contribution in [0.4, 0.5) is 5.82 Å². The zero-order chi connectivity index (χ0) is 14.9. The molecule has 0 spiro atoms. The second-order valence-corrected chi connectivity index (χ2v) is 4.79. The highest BCUT2D eigenvalue weighted by atomic mass is 16.6. The molecule has 8 heteroatoms. The minimum absolute atomic E-state index is 0.0887. The molecule has 20 heavy (non-hydrogen) atoms. The Kier molecular flexibility index (Phi) is 4.05. The molecule has 0 aromatic carbocycles. The molecule has 1 aromatic heterocycles. The quantitative estimate of drug-likeness (QED) is 0.590.